The molecule has 0 fully saturated rings. The van der Waals surface area contributed by atoms with E-state index in [4.69, 9.17) is 5.11 Å². The maximum absolute atomic E-state index is 9.05. The molecule has 0 spiro atoms. The van der Waals surface area contributed by atoms with Crippen LogP contribution in [-0.2, 0) is 20.0 Å². The predicted octanol–water partition coefficient (Wildman–Crippen LogP) is 0.565. The Morgan fingerprint density at radius 2 is 2.14 bits per heavy atom. The van der Waals surface area contributed by atoms with Gasteiger partial charge in [-0.3, -0.25) is 9.36 Å². The fraction of sp³-hybridized carbons (Fsp3) is 0.333. The third-order valence-corrected chi connectivity index (χ3v) is 2.01. The lowest BCUT2D eigenvalue weighted by Crippen LogP contribution is -2.00. The average molecular weight is 192 g/mol. The van der Waals surface area contributed by atoms with Crippen molar-refractivity contribution in [3.8, 4) is 5.75 Å². The van der Waals surface area contributed by atoms with Crippen molar-refractivity contribution in [2.45, 2.75) is 13.0 Å². The predicted molar refractivity (Wildman–Crippen MR) is 50.8 cm³/mol. The van der Waals surface area contributed by atoms with Gasteiger partial charge in [-0.05, 0) is 12.0 Å². The highest BCUT2D eigenvalue weighted by molar-refractivity contribution is 5.09. The summed E-state index contributed by atoms with van der Waals surface area (Å²) in [7, 11) is 1.89. The van der Waals surface area contributed by atoms with Gasteiger partial charge in [0.05, 0.1) is 18.6 Å². The summed E-state index contributed by atoms with van der Waals surface area (Å²) in [6.07, 6.45) is 7.72. The van der Waals surface area contributed by atoms with Crippen molar-refractivity contribution in [2.75, 3.05) is 0 Å². The van der Waals surface area contributed by atoms with Gasteiger partial charge in [0, 0.05) is 19.8 Å². The first-order valence-electron chi connectivity index (χ1n) is 4.43. The van der Waals surface area contributed by atoms with E-state index in [-0.39, 0.29) is 5.75 Å². The summed E-state index contributed by atoms with van der Waals surface area (Å²) in [6, 6.07) is 0. The third-order valence-electron chi connectivity index (χ3n) is 2.01. The molecule has 74 valence electrons. The Hall–Kier alpha value is -1.78. The first kappa shape index (κ1) is 8.80. The summed E-state index contributed by atoms with van der Waals surface area (Å²) in [5.74, 6) is 0.205. The Bertz CT molecular complexity index is 378. The number of nitrogens with zero attached hydrogens (tertiary/aromatic N) is 4. The lowest BCUT2D eigenvalue weighted by Gasteiger charge is -1.97. The molecule has 14 heavy (non-hydrogen) atoms. The molecule has 0 saturated carbocycles. The van der Waals surface area contributed by atoms with Crippen LogP contribution in [0.2, 0.25) is 0 Å². The fourth-order valence-electron chi connectivity index (χ4n) is 1.32. The SMILES string of the molecule is Cn1cc(CCn2cc(O)cn2)cn1. The van der Waals surface area contributed by atoms with Gasteiger partial charge in [0.2, 0.25) is 0 Å². The molecule has 0 atom stereocenters. The molecule has 0 aliphatic heterocycles. The molecule has 0 aromatic carbocycles. The topological polar surface area (TPSA) is 55.9 Å². The van der Waals surface area contributed by atoms with Crippen LogP contribution in [-0.4, -0.2) is 24.7 Å². The van der Waals surface area contributed by atoms with E-state index in [1.165, 1.54) is 11.8 Å². The van der Waals surface area contributed by atoms with Crippen LogP contribution >= 0.6 is 0 Å². The van der Waals surface area contributed by atoms with Gasteiger partial charge in [-0.15, -0.1) is 0 Å². The first-order valence-corrected chi connectivity index (χ1v) is 4.43. The van der Waals surface area contributed by atoms with Crippen molar-refractivity contribution >= 4 is 0 Å². The van der Waals surface area contributed by atoms with Gasteiger partial charge in [-0.1, -0.05) is 0 Å². The Kier molecular flexibility index (Phi) is 2.22. The Labute approximate surface area is 81.6 Å². The molecule has 5 nitrogen and oxygen atoms in total. The van der Waals surface area contributed by atoms with Crippen molar-refractivity contribution in [2.24, 2.45) is 7.05 Å². The first-order chi connectivity index (χ1) is 6.74. The highest BCUT2D eigenvalue weighted by Gasteiger charge is 1.98. The number of hydrogen-bond donors (Lipinski definition) is 1. The van der Waals surface area contributed by atoms with E-state index in [0.29, 0.717) is 0 Å². The van der Waals surface area contributed by atoms with Gasteiger partial charge in [-0.25, -0.2) is 0 Å². The largest absolute Gasteiger partial charge is 0.505 e. The second-order valence-corrected chi connectivity index (χ2v) is 3.23. The van der Waals surface area contributed by atoms with Crippen LogP contribution in [0.25, 0.3) is 0 Å². The molecule has 1 N–H and O–H groups in total. The third kappa shape index (κ3) is 1.93. The maximum Gasteiger partial charge on any atom is 0.153 e. The maximum atomic E-state index is 9.05. The molecule has 2 aromatic rings. The molecule has 0 aliphatic rings. The summed E-state index contributed by atoms with van der Waals surface area (Å²) in [4.78, 5) is 0. The molecule has 2 aromatic heterocycles. The van der Waals surface area contributed by atoms with Gasteiger partial charge in [0.1, 0.15) is 0 Å². The van der Waals surface area contributed by atoms with Gasteiger partial charge < -0.3 is 5.11 Å². The van der Waals surface area contributed by atoms with Crippen LogP contribution in [0.3, 0.4) is 0 Å². The monoisotopic (exact) mass is 192 g/mol. The standard InChI is InChI=1S/C9H12N4O/c1-12-6-8(4-10-12)2-3-13-7-9(14)5-11-13/h4-7,14H,2-3H2,1H3. The van der Waals surface area contributed by atoms with Gasteiger partial charge >= 0.3 is 0 Å². The molecular formula is C9H12N4O. The molecule has 0 saturated heterocycles. The highest BCUT2D eigenvalue weighted by Crippen LogP contribution is 2.05. The Morgan fingerprint density at radius 1 is 1.29 bits per heavy atom. The number of aromatic nitrogens is 4. The van der Waals surface area contributed by atoms with E-state index >= 15 is 0 Å². The number of aromatic hydroxyl groups is 1. The highest BCUT2D eigenvalue weighted by atomic mass is 16.3. The summed E-state index contributed by atoms with van der Waals surface area (Å²) >= 11 is 0. The second-order valence-electron chi connectivity index (χ2n) is 3.23. The lowest BCUT2D eigenvalue weighted by molar-refractivity contribution is 0.473. The zero-order valence-corrected chi connectivity index (χ0v) is 7.96. The van der Waals surface area contributed by atoms with Crippen molar-refractivity contribution in [1.82, 2.24) is 19.6 Å². The van der Waals surface area contributed by atoms with Gasteiger partial charge in [0.15, 0.2) is 5.75 Å². The summed E-state index contributed by atoms with van der Waals surface area (Å²) in [5.41, 5.74) is 1.17. The van der Waals surface area contributed by atoms with Crippen molar-refractivity contribution in [3.63, 3.8) is 0 Å². The Balaban J connectivity index is 1.94. The van der Waals surface area contributed by atoms with Crippen LogP contribution in [0.5, 0.6) is 5.75 Å². The lowest BCUT2D eigenvalue weighted by atomic mass is 10.2. The fourth-order valence-corrected chi connectivity index (χ4v) is 1.32. The van der Waals surface area contributed by atoms with E-state index < -0.39 is 0 Å². The normalized spacial score (nSPS) is 10.6. The van der Waals surface area contributed by atoms with Crippen LogP contribution in [0.15, 0.2) is 24.8 Å². The van der Waals surface area contributed by atoms with E-state index in [2.05, 4.69) is 10.2 Å². The van der Waals surface area contributed by atoms with Crippen molar-refractivity contribution in [3.05, 3.63) is 30.4 Å². The van der Waals surface area contributed by atoms with E-state index in [0.717, 1.165) is 13.0 Å². The van der Waals surface area contributed by atoms with Crippen molar-refractivity contribution in [1.29, 1.82) is 0 Å². The smallest absolute Gasteiger partial charge is 0.153 e. The molecule has 0 bridgehead atoms. The van der Waals surface area contributed by atoms with E-state index in [9.17, 15) is 0 Å². The number of aryl methyl sites for hydroxylation is 3. The number of hydrogen-bond acceptors (Lipinski definition) is 3. The molecular weight excluding hydrogens is 180 g/mol. The van der Waals surface area contributed by atoms with Crippen LogP contribution in [0.1, 0.15) is 5.56 Å². The quantitative estimate of drug-likeness (QED) is 0.773. The Morgan fingerprint density at radius 3 is 2.71 bits per heavy atom. The minimum absolute atomic E-state index is 0.205. The van der Waals surface area contributed by atoms with E-state index in [1.807, 2.05) is 19.4 Å². The second kappa shape index (κ2) is 3.53. The van der Waals surface area contributed by atoms with Crippen molar-refractivity contribution < 1.29 is 5.11 Å². The molecule has 2 rings (SSSR count). The van der Waals surface area contributed by atoms with E-state index in [1.54, 1.807) is 15.6 Å². The molecule has 0 amide bonds. The minimum Gasteiger partial charge on any atom is -0.505 e. The molecule has 0 radical (unpaired) electrons. The van der Waals surface area contributed by atoms with Crippen LogP contribution in [0, 0.1) is 0 Å². The zero-order valence-electron chi connectivity index (χ0n) is 7.96. The molecule has 0 aliphatic carbocycles. The average Bonchev–Trinajstić information content (AvgIpc) is 2.72. The summed E-state index contributed by atoms with van der Waals surface area (Å²) in [5, 5.41) is 17.1. The summed E-state index contributed by atoms with van der Waals surface area (Å²) in [6.45, 7) is 0.756. The molecule has 5 heteroatoms. The number of rotatable bonds is 3. The molecule has 2 heterocycles. The van der Waals surface area contributed by atoms with Gasteiger partial charge in [0.25, 0.3) is 0 Å². The molecule has 0 unspecified atom stereocenters. The van der Waals surface area contributed by atoms with Crippen LogP contribution < -0.4 is 0 Å². The van der Waals surface area contributed by atoms with Crippen LogP contribution in [0.4, 0.5) is 0 Å². The minimum atomic E-state index is 0.205. The summed E-state index contributed by atoms with van der Waals surface area (Å²) < 4.78 is 3.48. The zero-order chi connectivity index (χ0) is 9.97. The van der Waals surface area contributed by atoms with Gasteiger partial charge in [-0.2, -0.15) is 10.2 Å².